The van der Waals surface area contributed by atoms with Crippen LogP contribution in [0, 0.1) is 18.6 Å². The second kappa shape index (κ2) is 7.36. The van der Waals surface area contributed by atoms with Gasteiger partial charge in [-0.15, -0.1) is 10.2 Å². The van der Waals surface area contributed by atoms with E-state index in [-0.39, 0.29) is 10.6 Å². The molecule has 0 aliphatic carbocycles. The fourth-order valence-corrected chi connectivity index (χ4v) is 4.17. The van der Waals surface area contributed by atoms with Crippen LogP contribution in [0.3, 0.4) is 0 Å². The molecule has 0 unspecified atom stereocenters. The van der Waals surface area contributed by atoms with Crippen molar-refractivity contribution in [1.82, 2.24) is 15.2 Å². The Hall–Kier alpha value is -2.56. The van der Waals surface area contributed by atoms with Gasteiger partial charge in [-0.3, -0.25) is 0 Å². The van der Waals surface area contributed by atoms with E-state index in [0.29, 0.717) is 55.0 Å². The summed E-state index contributed by atoms with van der Waals surface area (Å²) in [6.45, 7) is 3.75. The van der Waals surface area contributed by atoms with E-state index in [2.05, 4.69) is 15.2 Å². The van der Waals surface area contributed by atoms with E-state index in [1.165, 1.54) is 6.07 Å². The summed E-state index contributed by atoms with van der Waals surface area (Å²) in [5, 5.41) is 6.68. The van der Waals surface area contributed by atoms with Crippen LogP contribution in [0.25, 0.3) is 10.9 Å². The molecule has 1 saturated heterocycles. The molecule has 0 spiro atoms. The van der Waals surface area contributed by atoms with Crippen LogP contribution in [0.4, 0.5) is 32.8 Å². The number of nitrogens with zero attached hydrogens (tertiary/aromatic N) is 5. The van der Waals surface area contributed by atoms with Crippen molar-refractivity contribution in [2.24, 2.45) is 0 Å². The molecule has 11 heteroatoms. The molecule has 0 bridgehead atoms. The van der Waals surface area contributed by atoms with Crippen LogP contribution in [-0.4, -0.2) is 41.4 Å². The zero-order valence-corrected chi connectivity index (χ0v) is 16.1. The number of pyridine rings is 1. The molecule has 29 heavy (non-hydrogen) atoms. The summed E-state index contributed by atoms with van der Waals surface area (Å²) in [5.74, 6) is -1.95. The van der Waals surface area contributed by atoms with Crippen LogP contribution < -0.4 is 9.80 Å². The second-order valence-corrected chi connectivity index (χ2v) is 7.71. The van der Waals surface area contributed by atoms with Crippen molar-refractivity contribution in [1.29, 1.82) is 0 Å². The first kappa shape index (κ1) is 19.7. The quantitative estimate of drug-likeness (QED) is 0.565. The molecule has 1 fully saturated rings. The summed E-state index contributed by atoms with van der Waals surface area (Å²) in [4.78, 5) is 7.91. The number of hydrogen-bond donors (Lipinski definition) is 0. The topological polar surface area (TPSA) is 45.2 Å². The Bertz CT molecular complexity index is 1050. The van der Waals surface area contributed by atoms with Gasteiger partial charge in [-0.2, -0.15) is 13.2 Å². The molecule has 1 aromatic carbocycles. The van der Waals surface area contributed by atoms with Crippen molar-refractivity contribution in [3.8, 4) is 0 Å². The Kier molecular flexibility index (Phi) is 5.01. The molecule has 0 atom stereocenters. The normalized spacial score (nSPS) is 15.8. The van der Waals surface area contributed by atoms with Crippen molar-refractivity contribution >= 4 is 33.1 Å². The monoisotopic (exact) mass is 429 g/mol. The highest BCUT2D eigenvalue weighted by molar-refractivity contribution is 7.15. The molecule has 0 radical (unpaired) electrons. The van der Waals surface area contributed by atoms with Crippen molar-refractivity contribution in [3.05, 3.63) is 40.5 Å². The van der Waals surface area contributed by atoms with Gasteiger partial charge in [0.1, 0.15) is 5.52 Å². The Morgan fingerprint density at radius 3 is 2.45 bits per heavy atom. The second-order valence-electron chi connectivity index (χ2n) is 6.76. The van der Waals surface area contributed by atoms with Crippen molar-refractivity contribution < 1.29 is 22.0 Å². The predicted molar refractivity (Wildman–Crippen MR) is 100 cm³/mol. The minimum absolute atomic E-state index is 0.0277. The van der Waals surface area contributed by atoms with E-state index in [1.54, 1.807) is 11.8 Å². The molecule has 3 heterocycles. The number of aromatic nitrogens is 3. The molecule has 5 nitrogen and oxygen atoms in total. The minimum Gasteiger partial charge on any atom is -0.369 e. The number of aryl methyl sites for hydroxylation is 1. The molecule has 2 aromatic heterocycles. The van der Waals surface area contributed by atoms with Crippen LogP contribution in [-0.2, 0) is 6.18 Å². The number of anilines is 2. The molecule has 1 aliphatic heterocycles. The van der Waals surface area contributed by atoms with E-state index in [1.807, 2.05) is 11.0 Å². The third-order valence-electron chi connectivity index (χ3n) is 4.74. The summed E-state index contributed by atoms with van der Waals surface area (Å²) < 4.78 is 66.2. The van der Waals surface area contributed by atoms with E-state index in [0.717, 1.165) is 11.8 Å². The number of hydrogen-bond acceptors (Lipinski definition) is 6. The highest BCUT2D eigenvalue weighted by Gasteiger charge is 2.36. The van der Waals surface area contributed by atoms with Gasteiger partial charge < -0.3 is 9.80 Å². The Morgan fingerprint density at radius 1 is 1.00 bits per heavy atom. The lowest BCUT2D eigenvalue weighted by Gasteiger charge is -2.25. The van der Waals surface area contributed by atoms with Crippen molar-refractivity contribution in [2.45, 2.75) is 19.5 Å². The number of benzene rings is 1. The van der Waals surface area contributed by atoms with Gasteiger partial charge in [0.05, 0.1) is 0 Å². The number of alkyl halides is 3. The lowest BCUT2D eigenvalue weighted by Crippen LogP contribution is -2.30. The summed E-state index contributed by atoms with van der Waals surface area (Å²) in [6, 6.07) is 4.38. The lowest BCUT2D eigenvalue weighted by molar-refractivity contribution is -0.138. The van der Waals surface area contributed by atoms with Crippen molar-refractivity contribution in [2.75, 3.05) is 36.0 Å². The average Bonchev–Trinajstić information content (AvgIpc) is 3.04. The van der Waals surface area contributed by atoms with E-state index >= 15 is 0 Å². The molecule has 1 aliphatic rings. The molecule has 3 aromatic rings. The Balaban J connectivity index is 1.61. The highest BCUT2D eigenvalue weighted by Crippen LogP contribution is 2.35. The van der Waals surface area contributed by atoms with Crippen molar-refractivity contribution in [3.63, 3.8) is 0 Å². The van der Waals surface area contributed by atoms with E-state index in [9.17, 15) is 22.0 Å². The first-order valence-corrected chi connectivity index (χ1v) is 9.71. The SMILES string of the molecule is Cc1cc(N2CCCN(c3nnc(C(F)(F)F)s3)CC2)c2ccc(F)c(F)c2n1. The van der Waals surface area contributed by atoms with Gasteiger partial charge in [-0.05, 0) is 31.5 Å². The van der Waals surface area contributed by atoms with E-state index < -0.39 is 22.8 Å². The van der Waals surface area contributed by atoms with Crippen LogP contribution in [0.1, 0.15) is 17.1 Å². The van der Waals surface area contributed by atoms with Gasteiger partial charge in [0, 0.05) is 42.9 Å². The van der Waals surface area contributed by atoms with Crippen LogP contribution in [0.15, 0.2) is 18.2 Å². The molecular weight excluding hydrogens is 413 g/mol. The third kappa shape index (κ3) is 3.83. The van der Waals surface area contributed by atoms with Gasteiger partial charge in [-0.1, -0.05) is 11.3 Å². The number of fused-ring (bicyclic) bond motifs is 1. The molecule has 154 valence electrons. The van der Waals surface area contributed by atoms with Gasteiger partial charge >= 0.3 is 6.18 Å². The summed E-state index contributed by atoms with van der Waals surface area (Å²) in [5.41, 5.74) is 1.25. The summed E-state index contributed by atoms with van der Waals surface area (Å²) in [7, 11) is 0. The first-order valence-electron chi connectivity index (χ1n) is 8.90. The third-order valence-corrected chi connectivity index (χ3v) is 5.77. The van der Waals surface area contributed by atoms with E-state index in [4.69, 9.17) is 0 Å². The lowest BCUT2D eigenvalue weighted by atomic mass is 10.1. The Labute approximate surface area is 166 Å². The van der Waals surface area contributed by atoms with Crippen LogP contribution in [0.2, 0.25) is 0 Å². The Morgan fingerprint density at radius 2 is 1.72 bits per heavy atom. The fourth-order valence-electron chi connectivity index (χ4n) is 3.41. The fraction of sp³-hybridized carbons (Fsp3) is 0.389. The van der Waals surface area contributed by atoms with Gasteiger partial charge in [-0.25, -0.2) is 13.8 Å². The molecular formula is C18H16F5N5S. The zero-order valence-electron chi connectivity index (χ0n) is 15.3. The minimum atomic E-state index is -4.51. The standard InChI is InChI=1S/C18H16F5N5S/c1-10-9-13(11-3-4-12(19)14(20)15(11)24-10)27-5-2-6-28(8-7-27)17-26-25-16(29-17)18(21,22)23/h3-4,9H,2,5-8H2,1H3. The molecule has 0 N–H and O–H groups in total. The molecule has 4 rings (SSSR count). The maximum atomic E-state index is 14.2. The number of halogens is 5. The first-order chi connectivity index (χ1) is 13.7. The largest absolute Gasteiger partial charge is 0.445 e. The van der Waals surface area contributed by atoms with Gasteiger partial charge in [0.15, 0.2) is 11.6 Å². The highest BCUT2D eigenvalue weighted by atomic mass is 32.1. The van der Waals surface area contributed by atoms with Crippen LogP contribution >= 0.6 is 11.3 Å². The predicted octanol–water partition coefficient (Wildman–Crippen LogP) is 4.41. The summed E-state index contributed by atoms with van der Waals surface area (Å²) >= 11 is 0.520. The van der Waals surface area contributed by atoms with Gasteiger partial charge in [0.2, 0.25) is 10.1 Å². The summed E-state index contributed by atoms with van der Waals surface area (Å²) in [6.07, 6.45) is -3.85. The number of rotatable bonds is 2. The zero-order chi connectivity index (χ0) is 20.8. The maximum absolute atomic E-state index is 14.2. The molecule has 0 amide bonds. The molecule has 0 saturated carbocycles. The van der Waals surface area contributed by atoms with Gasteiger partial charge in [0.25, 0.3) is 0 Å². The maximum Gasteiger partial charge on any atom is 0.445 e. The van der Waals surface area contributed by atoms with Crippen LogP contribution in [0.5, 0.6) is 0 Å². The average molecular weight is 429 g/mol. The smallest absolute Gasteiger partial charge is 0.369 e.